The predicted molar refractivity (Wildman–Crippen MR) is 73.0 cm³/mol. The van der Waals surface area contributed by atoms with Crippen molar-refractivity contribution < 1.29 is 13.2 Å². The first-order valence-electron chi connectivity index (χ1n) is 5.76. The molecule has 0 aliphatic heterocycles. The Morgan fingerprint density at radius 3 is 2.85 bits per heavy atom. The molecule has 1 aromatic heterocycles. The molecule has 108 valence electrons. The fourth-order valence-electron chi connectivity index (χ4n) is 1.49. The quantitative estimate of drug-likeness (QED) is 0.803. The van der Waals surface area contributed by atoms with Gasteiger partial charge in [0.1, 0.15) is 5.75 Å². The zero-order valence-corrected chi connectivity index (χ0v) is 12.0. The van der Waals surface area contributed by atoms with E-state index < -0.39 is 10.0 Å². The van der Waals surface area contributed by atoms with Crippen LogP contribution in [0.15, 0.2) is 35.5 Å². The Hall–Kier alpha value is -1.64. The lowest BCUT2D eigenvalue weighted by atomic mass is 10.3. The number of nitrogens with zero attached hydrogens (tertiary/aromatic N) is 3. The number of hydrogen-bond acceptors (Lipinski definition) is 5. The number of rotatable bonds is 6. The largest absolute Gasteiger partial charge is 0.493 e. The minimum atomic E-state index is -3.80. The van der Waals surface area contributed by atoms with E-state index in [9.17, 15) is 8.42 Å². The van der Waals surface area contributed by atoms with E-state index in [1.807, 2.05) is 0 Å². The van der Waals surface area contributed by atoms with Crippen molar-refractivity contribution in [1.82, 2.24) is 15.0 Å². The van der Waals surface area contributed by atoms with Gasteiger partial charge in [0, 0.05) is 18.0 Å². The number of hydrogen-bond donors (Lipinski definition) is 1. The minimum Gasteiger partial charge on any atom is -0.493 e. The van der Waals surface area contributed by atoms with E-state index >= 15 is 0 Å². The Kier molecular flexibility index (Phi) is 4.58. The highest BCUT2D eigenvalue weighted by Crippen LogP contribution is 2.17. The maximum absolute atomic E-state index is 11.0. The number of nitrogens with two attached hydrogens (primary N) is 1. The Morgan fingerprint density at radius 1 is 1.40 bits per heavy atom. The molecule has 0 bridgehead atoms. The van der Waals surface area contributed by atoms with Gasteiger partial charge in [-0.1, -0.05) is 22.9 Å². The van der Waals surface area contributed by atoms with Gasteiger partial charge in [-0.2, -0.15) is 0 Å². The normalized spacial score (nSPS) is 11.5. The summed E-state index contributed by atoms with van der Waals surface area (Å²) in [4.78, 5) is 0. The van der Waals surface area contributed by atoms with Crippen molar-refractivity contribution in [1.29, 1.82) is 0 Å². The molecule has 7 nitrogen and oxygen atoms in total. The van der Waals surface area contributed by atoms with E-state index in [2.05, 4.69) is 10.3 Å². The van der Waals surface area contributed by atoms with Crippen molar-refractivity contribution in [2.45, 2.75) is 18.0 Å². The molecule has 2 aromatic rings. The fourth-order valence-corrected chi connectivity index (χ4v) is 2.09. The molecule has 0 amide bonds. The van der Waals surface area contributed by atoms with Crippen LogP contribution >= 0.6 is 11.6 Å². The number of primary sulfonamides is 1. The first kappa shape index (κ1) is 14.8. The van der Waals surface area contributed by atoms with Crippen LogP contribution in [0.2, 0.25) is 5.02 Å². The summed E-state index contributed by atoms with van der Waals surface area (Å²) in [6.07, 6.45) is 1.93. The van der Waals surface area contributed by atoms with Crippen molar-refractivity contribution in [2.24, 2.45) is 5.14 Å². The van der Waals surface area contributed by atoms with Gasteiger partial charge >= 0.3 is 0 Å². The van der Waals surface area contributed by atoms with Gasteiger partial charge in [-0.15, -0.1) is 5.10 Å². The Balaban J connectivity index is 1.80. The topological polar surface area (TPSA) is 100 Å². The van der Waals surface area contributed by atoms with Crippen LogP contribution in [0.5, 0.6) is 5.75 Å². The number of aryl methyl sites for hydroxylation is 1. The molecule has 0 atom stereocenters. The second kappa shape index (κ2) is 6.21. The molecular weight excluding hydrogens is 304 g/mol. The van der Waals surface area contributed by atoms with Crippen molar-refractivity contribution >= 4 is 21.6 Å². The summed E-state index contributed by atoms with van der Waals surface area (Å²) in [5, 5.41) is 12.4. The Bertz CT molecular complexity index is 686. The molecule has 0 aliphatic rings. The van der Waals surface area contributed by atoms with Crippen LogP contribution in [0, 0.1) is 0 Å². The summed E-state index contributed by atoms with van der Waals surface area (Å²) >= 11 is 5.83. The summed E-state index contributed by atoms with van der Waals surface area (Å²) in [7, 11) is -3.80. The first-order valence-corrected chi connectivity index (χ1v) is 7.69. The third-order valence-corrected chi connectivity index (χ3v) is 3.41. The second-order valence-corrected chi connectivity index (χ2v) is 5.97. The lowest BCUT2D eigenvalue weighted by Crippen LogP contribution is -2.12. The summed E-state index contributed by atoms with van der Waals surface area (Å²) < 4.78 is 28.9. The molecule has 2 N–H and O–H groups in total. The SMILES string of the molecule is NS(=O)(=O)c1cn(CCCOc2cccc(Cl)c2)nn1. The van der Waals surface area contributed by atoms with Crippen molar-refractivity contribution in [2.75, 3.05) is 6.61 Å². The van der Waals surface area contributed by atoms with E-state index in [1.165, 1.54) is 10.9 Å². The van der Waals surface area contributed by atoms with E-state index in [-0.39, 0.29) is 5.03 Å². The molecule has 20 heavy (non-hydrogen) atoms. The molecular formula is C11H13ClN4O3S. The Labute approximate surface area is 121 Å². The summed E-state index contributed by atoms with van der Waals surface area (Å²) in [5.74, 6) is 0.682. The van der Waals surface area contributed by atoms with Gasteiger partial charge < -0.3 is 4.74 Å². The van der Waals surface area contributed by atoms with Gasteiger partial charge in [-0.3, -0.25) is 4.68 Å². The van der Waals surface area contributed by atoms with Crippen LogP contribution in [-0.2, 0) is 16.6 Å². The fraction of sp³-hybridized carbons (Fsp3) is 0.273. The van der Waals surface area contributed by atoms with Gasteiger partial charge in [0.25, 0.3) is 10.0 Å². The summed E-state index contributed by atoms with van der Waals surface area (Å²) in [6.45, 7) is 0.925. The summed E-state index contributed by atoms with van der Waals surface area (Å²) in [6, 6.07) is 7.09. The summed E-state index contributed by atoms with van der Waals surface area (Å²) in [5.41, 5.74) is 0. The maximum atomic E-state index is 11.0. The molecule has 0 aliphatic carbocycles. The van der Waals surface area contributed by atoms with Crippen molar-refractivity contribution in [3.05, 3.63) is 35.5 Å². The first-order chi connectivity index (χ1) is 9.45. The van der Waals surface area contributed by atoms with Crippen molar-refractivity contribution in [3.8, 4) is 5.75 Å². The molecule has 0 fully saturated rings. The molecule has 0 unspecified atom stereocenters. The van der Waals surface area contributed by atoms with Gasteiger partial charge in [0.15, 0.2) is 0 Å². The van der Waals surface area contributed by atoms with Crippen LogP contribution in [0.4, 0.5) is 0 Å². The highest BCUT2D eigenvalue weighted by atomic mass is 35.5. The van der Waals surface area contributed by atoms with Gasteiger partial charge in [-0.05, 0) is 18.2 Å². The zero-order chi connectivity index (χ0) is 14.6. The highest BCUT2D eigenvalue weighted by Gasteiger charge is 2.12. The number of ether oxygens (including phenoxy) is 1. The average Bonchev–Trinajstić information content (AvgIpc) is 2.83. The number of benzene rings is 1. The highest BCUT2D eigenvalue weighted by molar-refractivity contribution is 7.89. The minimum absolute atomic E-state index is 0.242. The maximum Gasteiger partial charge on any atom is 0.259 e. The predicted octanol–water partition coefficient (Wildman–Crippen LogP) is 1.05. The van der Waals surface area contributed by atoms with Crippen LogP contribution < -0.4 is 9.88 Å². The molecule has 2 rings (SSSR count). The van der Waals surface area contributed by atoms with Crippen LogP contribution in [0.3, 0.4) is 0 Å². The van der Waals surface area contributed by atoms with E-state index in [4.69, 9.17) is 21.5 Å². The standard InChI is InChI=1S/C11H13ClN4O3S/c12-9-3-1-4-10(7-9)19-6-2-5-16-8-11(14-15-16)20(13,17)18/h1,3-4,7-8H,2,5-6H2,(H2,13,17,18). The van der Waals surface area contributed by atoms with Crippen LogP contribution in [0.25, 0.3) is 0 Å². The lowest BCUT2D eigenvalue weighted by molar-refractivity contribution is 0.298. The third-order valence-electron chi connectivity index (χ3n) is 2.41. The van der Waals surface area contributed by atoms with Gasteiger partial charge in [0.2, 0.25) is 5.03 Å². The van der Waals surface area contributed by atoms with Gasteiger partial charge in [0.05, 0.1) is 12.8 Å². The van der Waals surface area contributed by atoms with E-state index in [0.29, 0.717) is 30.3 Å². The Morgan fingerprint density at radius 2 is 2.20 bits per heavy atom. The lowest BCUT2D eigenvalue weighted by Gasteiger charge is -2.06. The molecule has 0 spiro atoms. The number of sulfonamides is 1. The monoisotopic (exact) mass is 316 g/mol. The van der Waals surface area contributed by atoms with E-state index in [0.717, 1.165) is 0 Å². The molecule has 0 saturated heterocycles. The molecule has 1 aromatic carbocycles. The average molecular weight is 317 g/mol. The van der Waals surface area contributed by atoms with Crippen LogP contribution in [-0.4, -0.2) is 30.0 Å². The second-order valence-electron chi connectivity index (χ2n) is 4.02. The third kappa shape index (κ3) is 4.19. The zero-order valence-electron chi connectivity index (χ0n) is 10.4. The number of aromatic nitrogens is 3. The smallest absolute Gasteiger partial charge is 0.259 e. The molecule has 1 heterocycles. The van der Waals surface area contributed by atoms with Crippen molar-refractivity contribution in [3.63, 3.8) is 0 Å². The van der Waals surface area contributed by atoms with Gasteiger partial charge in [-0.25, -0.2) is 13.6 Å². The van der Waals surface area contributed by atoms with Crippen LogP contribution in [0.1, 0.15) is 6.42 Å². The molecule has 9 heteroatoms. The molecule has 0 saturated carbocycles. The van der Waals surface area contributed by atoms with E-state index in [1.54, 1.807) is 24.3 Å². The molecule has 0 radical (unpaired) electrons. The number of halogens is 1.